The maximum Gasteiger partial charge on any atom is 0.0664 e. The van der Waals surface area contributed by atoms with Gasteiger partial charge >= 0.3 is 0 Å². The summed E-state index contributed by atoms with van der Waals surface area (Å²) in [5.41, 5.74) is 0.807. The second kappa shape index (κ2) is 7.95. The predicted octanol–water partition coefficient (Wildman–Crippen LogP) is 3.90. The van der Waals surface area contributed by atoms with Crippen LogP contribution in [0.4, 0.5) is 0 Å². The highest BCUT2D eigenvalue weighted by Gasteiger charge is 2.23. The fourth-order valence-electron chi connectivity index (χ4n) is 3.07. The molecular weight excluding hydrogens is 322 g/mol. The second-order valence-corrected chi connectivity index (χ2v) is 6.30. The maximum absolute atomic E-state index is 9.68. The van der Waals surface area contributed by atoms with Crippen LogP contribution in [0.15, 0.2) is 54.6 Å². The van der Waals surface area contributed by atoms with Crippen molar-refractivity contribution in [1.29, 1.82) is 0 Å². The topological polar surface area (TPSA) is 41.5 Å². The Bertz CT molecular complexity index is 767. The molecule has 0 aromatic heterocycles. The molecular formula is C20H24ClNO2. The van der Waals surface area contributed by atoms with Crippen molar-refractivity contribution in [2.45, 2.75) is 19.0 Å². The number of aliphatic hydroxyl groups is 1. The van der Waals surface area contributed by atoms with Gasteiger partial charge in [0.25, 0.3) is 0 Å². The van der Waals surface area contributed by atoms with Crippen molar-refractivity contribution in [3.05, 3.63) is 60.2 Å². The van der Waals surface area contributed by atoms with E-state index in [1.54, 1.807) is 7.11 Å². The van der Waals surface area contributed by atoms with Crippen LogP contribution in [0.5, 0.6) is 0 Å². The minimum absolute atomic E-state index is 0. The molecule has 3 aromatic rings. The van der Waals surface area contributed by atoms with Gasteiger partial charge in [0, 0.05) is 13.7 Å². The van der Waals surface area contributed by atoms with Crippen molar-refractivity contribution in [1.82, 2.24) is 5.32 Å². The normalized spacial score (nSPS) is 13.6. The highest BCUT2D eigenvalue weighted by Crippen LogP contribution is 2.28. The lowest BCUT2D eigenvalue weighted by Gasteiger charge is -2.28. The fourth-order valence-corrected chi connectivity index (χ4v) is 3.07. The van der Waals surface area contributed by atoms with Gasteiger partial charge in [-0.1, -0.05) is 48.5 Å². The molecule has 1 unspecified atom stereocenters. The molecule has 0 spiro atoms. The quantitative estimate of drug-likeness (QED) is 0.666. The first-order valence-electron chi connectivity index (χ1n) is 7.91. The lowest BCUT2D eigenvalue weighted by molar-refractivity contribution is 0.0724. The van der Waals surface area contributed by atoms with Crippen LogP contribution in [0.1, 0.15) is 12.5 Å². The predicted molar refractivity (Wildman–Crippen MR) is 103 cm³/mol. The molecule has 128 valence electrons. The van der Waals surface area contributed by atoms with Crippen LogP contribution in [0.2, 0.25) is 0 Å². The van der Waals surface area contributed by atoms with Crippen LogP contribution in [0.3, 0.4) is 0 Å². The van der Waals surface area contributed by atoms with E-state index in [1.165, 1.54) is 27.1 Å². The molecule has 0 amide bonds. The molecule has 0 saturated heterocycles. The van der Waals surface area contributed by atoms with Crippen LogP contribution in [0.25, 0.3) is 21.5 Å². The minimum Gasteiger partial charge on any atom is -0.394 e. The molecule has 3 aromatic carbocycles. The smallest absolute Gasteiger partial charge is 0.0664 e. The number of aliphatic hydroxyl groups excluding tert-OH is 1. The number of methoxy groups -OCH3 is 1. The van der Waals surface area contributed by atoms with Crippen LogP contribution in [0, 0.1) is 0 Å². The Morgan fingerprint density at radius 1 is 1.00 bits per heavy atom. The average Bonchev–Trinajstić information content (AvgIpc) is 2.59. The van der Waals surface area contributed by atoms with E-state index in [9.17, 15) is 5.11 Å². The number of rotatable bonds is 6. The summed E-state index contributed by atoms with van der Waals surface area (Å²) in [6, 6.07) is 19.1. The molecule has 0 fully saturated rings. The summed E-state index contributed by atoms with van der Waals surface area (Å²) in [7, 11) is 1.66. The highest BCUT2D eigenvalue weighted by molar-refractivity contribution is 6.02. The monoisotopic (exact) mass is 345 g/mol. The molecule has 0 aliphatic carbocycles. The number of hydrogen-bond donors (Lipinski definition) is 2. The Morgan fingerprint density at radius 2 is 1.54 bits per heavy atom. The molecule has 0 radical (unpaired) electrons. The summed E-state index contributed by atoms with van der Waals surface area (Å²) in [5, 5.41) is 18.1. The van der Waals surface area contributed by atoms with E-state index in [0.717, 1.165) is 0 Å². The van der Waals surface area contributed by atoms with Crippen molar-refractivity contribution in [3.63, 3.8) is 0 Å². The first-order chi connectivity index (χ1) is 11.2. The molecule has 2 N–H and O–H groups in total. The molecule has 3 nitrogen and oxygen atoms in total. The van der Waals surface area contributed by atoms with Gasteiger partial charge in [0.1, 0.15) is 0 Å². The average molecular weight is 346 g/mol. The summed E-state index contributed by atoms with van der Waals surface area (Å²) >= 11 is 0. The number of hydrogen-bond acceptors (Lipinski definition) is 3. The van der Waals surface area contributed by atoms with E-state index in [2.05, 4.69) is 59.9 Å². The van der Waals surface area contributed by atoms with Crippen molar-refractivity contribution in [2.24, 2.45) is 0 Å². The maximum atomic E-state index is 9.68. The van der Waals surface area contributed by atoms with E-state index in [1.807, 2.05) is 6.92 Å². The van der Waals surface area contributed by atoms with Crippen molar-refractivity contribution in [3.8, 4) is 0 Å². The molecule has 0 aliphatic heterocycles. The third-order valence-electron chi connectivity index (χ3n) is 4.39. The van der Waals surface area contributed by atoms with Crippen LogP contribution < -0.4 is 5.32 Å². The lowest BCUT2D eigenvalue weighted by Crippen LogP contribution is -2.49. The van der Waals surface area contributed by atoms with Crippen LogP contribution >= 0.6 is 12.4 Å². The lowest BCUT2D eigenvalue weighted by atomic mass is 9.95. The highest BCUT2D eigenvalue weighted by atomic mass is 35.5. The van der Waals surface area contributed by atoms with Crippen molar-refractivity contribution < 1.29 is 9.84 Å². The SMILES string of the molecule is COCC(C)(CO)NCc1c2ccccc2cc2ccccc12.Cl. The molecule has 4 heteroatoms. The Kier molecular flexibility index (Phi) is 6.19. The van der Waals surface area contributed by atoms with Gasteiger partial charge in [-0.2, -0.15) is 0 Å². The molecule has 1 atom stereocenters. The van der Waals surface area contributed by atoms with Crippen LogP contribution in [-0.4, -0.2) is 31.0 Å². The fraction of sp³-hybridized carbons (Fsp3) is 0.300. The van der Waals surface area contributed by atoms with E-state index < -0.39 is 5.54 Å². The number of halogens is 1. The van der Waals surface area contributed by atoms with E-state index in [-0.39, 0.29) is 19.0 Å². The van der Waals surface area contributed by atoms with E-state index in [4.69, 9.17) is 4.74 Å². The molecule has 3 rings (SSSR count). The van der Waals surface area contributed by atoms with Gasteiger partial charge in [-0.05, 0) is 40.1 Å². The zero-order valence-electron chi connectivity index (χ0n) is 14.1. The van der Waals surface area contributed by atoms with Gasteiger partial charge in [-0.15, -0.1) is 12.4 Å². The Labute approximate surface area is 149 Å². The third kappa shape index (κ3) is 3.70. The largest absolute Gasteiger partial charge is 0.394 e. The standard InChI is InChI=1S/C20H23NO2.ClH/c1-20(13-22,14-23-2)21-12-19-17-9-5-3-7-15(17)11-16-8-4-6-10-18(16)19;/h3-11,21-22H,12-14H2,1-2H3;1H. The number of ether oxygens (including phenoxy) is 1. The zero-order valence-corrected chi connectivity index (χ0v) is 14.9. The summed E-state index contributed by atoms with van der Waals surface area (Å²) in [4.78, 5) is 0. The Hall–Kier alpha value is -1.65. The Balaban J connectivity index is 0.00000208. The van der Waals surface area contributed by atoms with Crippen LogP contribution in [-0.2, 0) is 11.3 Å². The summed E-state index contributed by atoms with van der Waals surface area (Å²) < 4.78 is 5.24. The molecule has 0 heterocycles. The van der Waals surface area contributed by atoms with Gasteiger partial charge in [0.05, 0.1) is 18.8 Å². The third-order valence-corrected chi connectivity index (χ3v) is 4.39. The Morgan fingerprint density at radius 3 is 2.04 bits per heavy atom. The van der Waals surface area contributed by atoms with Gasteiger partial charge in [0.2, 0.25) is 0 Å². The zero-order chi connectivity index (χ0) is 16.3. The van der Waals surface area contributed by atoms with Gasteiger partial charge in [0.15, 0.2) is 0 Å². The minimum atomic E-state index is -0.452. The molecule has 0 bridgehead atoms. The summed E-state index contributed by atoms with van der Waals surface area (Å²) in [6.45, 7) is 3.15. The molecule has 24 heavy (non-hydrogen) atoms. The van der Waals surface area contributed by atoms with Crippen molar-refractivity contribution >= 4 is 34.0 Å². The van der Waals surface area contributed by atoms with E-state index >= 15 is 0 Å². The van der Waals surface area contributed by atoms with Crippen molar-refractivity contribution in [2.75, 3.05) is 20.3 Å². The summed E-state index contributed by atoms with van der Waals surface area (Å²) in [5.74, 6) is 0. The van der Waals surface area contributed by atoms with Gasteiger partial charge in [-0.25, -0.2) is 0 Å². The summed E-state index contributed by atoms with van der Waals surface area (Å²) in [6.07, 6.45) is 0. The first kappa shape index (κ1) is 18.7. The molecule has 0 aliphatic rings. The number of nitrogens with one attached hydrogen (secondary N) is 1. The van der Waals surface area contributed by atoms with Gasteiger partial charge in [-0.3, -0.25) is 0 Å². The van der Waals surface area contributed by atoms with E-state index in [0.29, 0.717) is 13.2 Å². The number of benzene rings is 3. The second-order valence-electron chi connectivity index (χ2n) is 6.30. The number of fused-ring (bicyclic) bond motifs is 2. The van der Waals surface area contributed by atoms with Gasteiger partial charge < -0.3 is 15.2 Å². The first-order valence-corrected chi connectivity index (χ1v) is 7.91. The molecule has 0 saturated carbocycles.